The maximum Gasteiger partial charge on any atom is 0.224 e. The highest BCUT2D eigenvalue weighted by molar-refractivity contribution is 5.23. The number of rotatable bonds is 4. The summed E-state index contributed by atoms with van der Waals surface area (Å²) in [5.41, 5.74) is 0. The molecule has 1 aromatic heterocycles. The third-order valence-corrected chi connectivity index (χ3v) is 2.42. The lowest BCUT2D eigenvalue weighted by Gasteiger charge is -2.07. The lowest BCUT2D eigenvalue weighted by atomic mass is 10.1. The van der Waals surface area contributed by atoms with E-state index in [-0.39, 0.29) is 0 Å². The summed E-state index contributed by atoms with van der Waals surface area (Å²) in [4.78, 5) is 0. The van der Waals surface area contributed by atoms with Crippen molar-refractivity contribution in [3.05, 3.63) is 5.82 Å². The minimum atomic E-state index is 0.674. The van der Waals surface area contributed by atoms with Crippen molar-refractivity contribution in [2.75, 3.05) is 12.4 Å². The summed E-state index contributed by atoms with van der Waals surface area (Å²) < 4.78 is 2.01. The summed E-state index contributed by atoms with van der Waals surface area (Å²) in [5, 5.41) is 11.1. The van der Waals surface area contributed by atoms with Crippen LogP contribution in [0.3, 0.4) is 0 Å². The third kappa shape index (κ3) is 2.20. The van der Waals surface area contributed by atoms with Crippen molar-refractivity contribution in [3.8, 4) is 0 Å². The zero-order valence-electron chi connectivity index (χ0n) is 8.83. The topological polar surface area (TPSA) is 42.7 Å². The number of nitrogens with zero attached hydrogens (tertiary/aromatic N) is 3. The molecule has 0 aromatic carbocycles. The van der Waals surface area contributed by atoms with Crippen LogP contribution in [0.4, 0.5) is 5.95 Å². The molecule has 1 N–H and O–H groups in total. The Balaban J connectivity index is 2.72. The Kier molecular flexibility index (Phi) is 3.28. The predicted molar refractivity (Wildman–Crippen MR) is 53.7 cm³/mol. The van der Waals surface area contributed by atoms with Gasteiger partial charge < -0.3 is 9.88 Å². The van der Waals surface area contributed by atoms with E-state index in [1.165, 1.54) is 6.42 Å². The number of aromatic nitrogens is 3. The highest BCUT2D eigenvalue weighted by atomic mass is 15.3. The number of hydrogen-bond donors (Lipinski definition) is 1. The first-order valence-corrected chi connectivity index (χ1v) is 4.75. The Labute approximate surface area is 79.4 Å². The fraction of sp³-hybridized carbons (Fsp3) is 0.778. The Morgan fingerprint density at radius 3 is 2.62 bits per heavy atom. The van der Waals surface area contributed by atoms with Crippen molar-refractivity contribution >= 4 is 5.95 Å². The number of hydrogen-bond acceptors (Lipinski definition) is 3. The normalized spacial score (nSPS) is 12.9. The Morgan fingerprint density at radius 2 is 2.15 bits per heavy atom. The van der Waals surface area contributed by atoms with Crippen molar-refractivity contribution in [2.24, 2.45) is 13.0 Å². The Morgan fingerprint density at radius 1 is 1.46 bits per heavy atom. The van der Waals surface area contributed by atoms with E-state index in [4.69, 9.17) is 0 Å². The van der Waals surface area contributed by atoms with Gasteiger partial charge in [-0.25, -0.2) is 0 Å². The van der Waals surface area contributed by atoms with Crippen LogP contribution in [-0.2, 0) is 13.5 Å². The predicted octanol–water partition coefficient (Wildman–Crippen LogP) is 1.45. The zero-order valence-corrected chi connectivity index (χ0v) is 8.83. The van der Waals surface area contributed by atoms with Crippen LogP contribution in [-0.4, -0.2) is 21.8 Å². The molecular weight excluding hydrogens is 164 g/mol. The van der Waals surface area contributed by atoms with E-state index in [1.807, 2.05) is 18.7 Å². The smallest absolute Gasteiger partial charge is 0.224 e. The molecule has 0 fully saturated rings. The van der Waals surface area contributed by atoms with Crippen LogP contribution in [0.25, 0.3) is 0 Å². The molecule has 0 radical (unpaired) electrons. The summed E-state index contributed by atoms with van der Waals surface area (Å²) in [6, 6.07) is 0. The molecule has 4 nitrogen and oxygen atoms in total. The van der Waals surface area contributed by atoms with Crippen LogP contribution < -0.4 is 5.32 Å². The molecule has 0 aliphatic carbocycles. The maximum absolute atomic E-state index is 4.12. The van der Waals surface area contributed by atoms with Gasteiger partial charge in [0.25, 0.3) is 0 Å². The van der Waals surface area contributed by atoms with Gasteiger partial charge in [0.1, 0.15) is 5.82 Å². The van der Waals surface area contributed by atoms with Crippen molar-refractivity contribution in [3.63, 3.8) is 0 Å². The molecule has 4 heteroatoms. The van der Waals surface area contributed by atoms with Crippen LogP contribution in [0.1, 0.15) is 26.1 Å². The van der Waals surface area contributed by atoms with Crippen molar-refractivity contribution in [2.45, 2.75) is 26.7 Å². The van der Waals surface area contributed by atoms with E-state index in [1.54, 1.807) is 0 Å². The Bertz CT molecular complexity index is 267. The van der Waals surface area contributed by atoms with Crippen molar-refractivity contribution < 1.29 is 0 Å². The van der Waals surface area contributed by atoms with Crippen molar-refractivity contribution in [1.82, 2.24) is 14.8 Å². The highest BCUT2D eigenvalue weighted by Crippen LogP contribution is 2.11. The number of nitrogens with one attached hydrogen (secondary N) is 1. The maximum atomic E-state index is 4.12. The molecule has 13 heavy (non-hydrogen) atoms. The molecule has 0 amide bonds. The molecule has 1 aromatic rings. The fourth-order valence-electron chi connectivity index (χ4n) is 1.21. The zero-order chi connectivity index (χ0) is 9.84. The molecule has 0 spiro atoms. The minimum Gasteiger partial charge on any atom is -0.357 e. The van der Waals surface area contributed by atoms with Crippen molar-refractivity contribution in [1.29, 1.82) is 0 Å². The van der Waals surface area contributed by atoms with Gasteiger partial charge in [0.15, 0.2) is 0 Å². The van der Waals surface area contributed by atoms with Gasteiger partial charge in [-0.1, -0.05) is 20.3 Å². The first kappa shape index (κ1) is 10.0. The molecule has 1 unspecified atom stereocenters. The van der Waals surface area contributed by atoms with E-state index < -0.39 is 0 Å². The summed E-state index contributed by atoms with van der Waals surface area (Å²) >= 11 is 0. The summed E-state index contributed by atoms with van der Waals surface area (Å²) in [7, 11) is 3.85. The molecule has 1 atom stereocenters. The molecular formula is C9H18N4. The van der Waals surface area contributed by atoms with Crippen LogP contribution >= 0.6 is 0 Å². The van der Waals surface area contributed by atoms with Gasteiger partial charge in [0, 0.05) is 20.5 Å². The van der Waals surface area contributed by atoms with E-state index in [2.05, 4.69) is 29.4 Å². The fourth-order valence-corrected chi connectivity index (χ4v) is 1.21. The van der Waals surface area contributed by atoms with Gasteiger partial charge in [-0.05, 0) is 5.92 Å². The Hall–Kier alpha value is -1.06. The van der Waals surface area contributed by atoms with Gasteiger partial charge in [-0.3, -0.25) is 0 Å². The van der Waals surface area contributed by atoms with E-state index in [9.17, 15) is 0 Å². The molecule has 0 saturated carbocycles. The van der Waals surface area contributed by atoms with E-state index >= 15 is 0 Å². The van der Waals surface area contributed by atoms with Crippen LogP contribution in [0, 0.1) is 5.92 Å². The molecule has 0 bridgehead atoms. The quantitative estimate of drug-likeness (QED) is 0.766. The average molecular weight is 182 g/mol. The summed E-state index contributed by atoms with van der Waals surface area (Å²) in [6.07, 6.45) is 2.18. The van der Waals surface area contributed by atoms with Gasteiger partial charge in [-0.2, -0.15) is 0 Å². The molecule has 0 saturated heterocycles. The van der Waals surface area contributed by atoms with Crippen LogP contribution in [0.15, 0.2) is 0 Å². The molecule has 0 aliphatic rings. The van der Waals surface area contributed by atoms with E-state index in [0.29, 0.717) is 5.92 Å². The SMILES string of the molecule is CCC(C)Cc1nnc(NC)n1C. The summed E-state index contributed by atoms with van der Waals surface area (Å²) in [6.45, 7) is 4.42. The van der Waals surface area contributed by atoms with E-state index in [0.717, 1.165) is 18.2 Å². The van der Waals surface area contributed by atoms with Gasteiger partial charge in [0.2, 0.25) is 5.95 Å². The third-order valence-electron chi connectivity index (χ3n) is 2.42. The monoisotopic (exact) mass is 182 g/mol. The molecule has 1 heterocycles. The van der Waals surface area contributed by atoms with Crippen LogP contribution in [0.5, 0.6) is 0 Å². The molecule has 1 rings (SSSR count). The number of anilines is 1. The standard InChI is InChI=1S/C9H18N4/c1-5-7(2)6-8-11-12-9(10-3)13(8)4/h7H,5-6H2,1-4H3,(H,10,12). The second-order valence-corrected chi connectivity index (χ2v) is 3.47. The first-order valence-electron chi connectivity index (χ1n) is 4.75. The lowest BCUT2D eigenvalue weighted by molar-refractivity contribution is 0.532. The minimum absolute atomic E-state index is 0.674. The molecule has 0 aliphatic heterocycles. The largest absolute Gasteiger partial charge is 0.357 e. The second-order valence-electron chi connectivity index (χ2n) is 3.47. The highest BCUT2D eigenvalue weighted by Gasteiger charge is 2.09. The first-order chi connectivity index (χ1) is 6.19. The lowest BCUT2D eigenvalue weighted by Crippen LogP contribution is -2.06. The van der Waals surface area contributed by atoms with Gasteiger partial charge >= 0.3 is 0 Å². The van der Waals surface area contributed by atoms with Gasteiger partial charge in [0.05, 0.1) is 0 Å². The van der Waals surface area contributed by atoms with Crippen LogP contribution in [0.2, 0.25) is 0 Å². The van der Waals surface area contributed by atoms with Gasteiger partial charge in [-0.15, -0.1) is 10.2 Å². The second kappa shape index (κ2) is 4.25. The molecule has 74 valence electrons. The summed E-state index contributed by atoms with van der Waals surface area (Å²) in [5.74, 6) is 2.56. The average Bonchev–Trinajstić information content (AvgIpc) is 2.48.